The van der Waals surface area contributed by atoms with Gasteiger partial charge in [-0.25, -0.2) is 4.79 Å². The van der Waals surface area contributed by atoms with E-state index < -0.39 is 28.5 Å². The van der Waals surface area contributed by atoms with Crippen molar-refractivity contribution in [3.8, 4) is 5.75 Å². The lowest BCUT2D eigenvalue weighted by Crippen LogP contribution is -2.23. The molecule has 3 rings (SSSR count). The van der Waals surface area contributed by atoms with Crippen LogP contribution < -0.4 is 15.5 Å². The number of rotatable bonds is 5. The van der Waals surface area contributed by atoms with E-state index in [1.54, 1.807) is 6.07 Å². The molecule has 1 fully saturated rings. The maximum absolute atomic E-state index is 12.2. The topological polar surface area (TPSA) is 115 Å². The van der Waals surface area contributed by atoms with Crippen LogP contribution >= 0.6 is 0 Å². The molecule has 8 heteroatoms. The number of carbonyl (C=O) groups excluding carboxylic acids is 2. The van der Waals surface area contributed by atoms with Gasteiger partial charge >= 0.3 is 5.97 Å². The van der Waals surface area contributed by atoms with Crippen LogP contribution in [-0.4, -0.2) is 47.4 Å². The number of nitrogens with one attached hydrogen (secondary N) is 1. The number of ketones is 2. The van der Waals surface area contributed by atoms with Crippen molar-refractivity contribution < 1.29 is 24.2 Å². The van der Waals surface area contributed by atoms with Crippen molar-refractivity contribution in [3.05, 3.63) is 40.2 Å². The number of carboxylic acid groups (broad SMARTS) is 1. The van der Waals surface area contributed by atoms with Crippen molar-refractivity contribution in [2.75, 3.05) is 20.2 Å². The number of aromatic carboxylic acids is 1. The maximum atomic E-state index is 12.2. The molecule has 1 aromatic heterocycles. The summed E-state index contributed by atoms with van der Waals surface area (Å²) in [5.74, 6) is -2.34. The number of pyridine rings is 1. The van der Waals surface area contributed by atoms with Gasteiger partial charge in [-0.15, -0.1) is 0 Å². The molecule has 0 unspecified atom stereocenters. The number of fused-ring (bicyclic) bond motifs is 1. The summed E-state index contributed by atoms with van der Waals surface area (Å²) in [7, 11) is 1.42. The van der Waals surface area contributed by atoms with Crippen molar-refractivity contribution >= 4 is 28.4 Å². The highest BCUT2D eigenvalue weighted by Crippen LogP contribution is 2.19. The Morgan fingerprint density at radius 2 is 1.86 bits per heavy atom. The fourth-order valence-electron chi connectivity index (χ4n) is 2.85. The molecule has 2 N–H and O–H groups in total. The van der Waals surface area contributed by atoms with Gasteiger partial charge in [0.25, 0.3) is 0 Å². The molecule has 28 heavy (non-hydrogen) atoms. The molecule has 1 saturated heterocycles. The van der Waals surface area contributed by atoms with E-state index in [1.807, 2.05) is 0 Å². The Bertz CT molecular complexity index is 932. The first-order valence-corrected chi connectivity index (χ1v) is 9.04. The number of ether oxygens (including phenoxy) is 1. The number of carboxylic acids is 1. The average molecular weight is 388 g/mol. The lowest BCUT2D eigenvalue weighted by molar-refractivity contribution is -0.135. The summed E-state index contributed by atoms with van der Waals surface area (Å²) in [5, 5.41) is 12.5. The second-order valence-electron chi connectivity index (χ2n) is 6.48. The number of aromatic nitrogens is 1. The van der Waals surface area contributed by atoms with E-state index in [9.17, 15) is 19.2 Å². The van der Waals surface area contributed by atoms with E-state index in [1.165, 1.54) is 56.2 Å². The summed E-state index contributed by atoms with van der Waals surface area (Å²) >= 11 is 0. The van der Waals surface area contributed by atoms with Gasteiger partial charge in [0.15, 0.2) is 5.78 Å². The lowest BCUT2D eigenvalue weighted by atomic mass is 10.1. The molecule has 1 aliphatic rings. The molecule has 1 aliphatic heterocycles. The first-order valence-electron chi connectivity index (χ1n) is 9.04. The molecule has 2 heterocycles. The fraction of sp³-hybridized carbons (Fsp3) is 0.400. The smallest absolute Gasteiger partial charge is 0.341 e. The zero-order valence-electron chi connectivity index (χ0n) is 16.0. The summed E-state index contributed by atoms with van der Waals surface area (Å²) in [6.07, 6.45) is 5.29. The van der Waals surface area contributed by atoms with Crippen molar-refractivity contribution in [2.45, 2.75) is 32.7 Å². The molecule has 2 aromatic rings. The summed E-state index contributed by atoms with van der Waals surface area (Å²) in [4.78, 5) is 46.1. The molecule has 0 radical (unpaired) electrons. The molecular formula is C20H24N2O6. The number of methoxy groups -OCH3 is 1. The van der Waals surface area contributed by atoms with E-state index in [-0.39, 0.29) is 11.9 Å². The zero-order valence-corrected chi connectivity index (χ0v) is 16.0. The number of carbonyl (C=O) groups is 3. The quantitative estimate of drug-likeness (QED) is 0.748. The van der Waals surface area contributed by atoms with E-state index in [2.05, 4.69) is 5.32 Å². The Labute approximate surface area is 162 Å². The maximum Gasteiger partial charge on any atom is 0.341 e. The SMILES string of the molecule is C1CCNCC1.COc1ccc2c(c1)c(=O)c(C(=O)O)cn2CC(=O)C(C)=O. The van der Waals surface area contributed by atoms with E-state index in [4.69, 9.17) is 9.84 Å². The summed E-state index contributed by atoms with van der Waals surface area (Å²) in [5.41, 5.74) is -0.796. The molecule has 1 aromatic carbocycles. The van der Waals surface area contributed by atoms with Crippen molar-refractivity contribution in [1.29, 1.82) is 0 Å². The molecule has 150 valence electrons. The normalized spacial score (nSPS) is 13.4. The highest BCUT2D eigenvalue weighted by molar-refractivity contribution is 6.36. The van der Waals surface area contributed by atoms with Crippen molar-refractivity contribution in [1.82, 2.24) is 9.88 Å². The predicted molar refractivity (Wildman–Crippen MR) is 104 cm³/mol. The average Bonchev–Trinajstić information content (AvgIpc) is 2.71. The number of hydrogen-bond donors (Lipinski definition) is 2. The Hall–Kier alpha value is -3.00. The van der Waals surface area contributed by atoms with Gasteiger partial charge in [0, 0.05) is 13.1 Å². The molecule has 0 aliphatic carbocycles. The van der Waals surface area contributed by atoms with E-state index in [0.717, 1.165) is 13.1 Å². The first kappa shape index (κ1) is 21.3. The third-order valence-corrected chi connectivity index (χ3v) is 4.43. The Morgan fingerprint density at radius 1 is 1.18 bits per heavy atom. The number of Topliss-reactive ketones (excluding diaryl/α,β-unsaturated/α-hetero) is 2. The van der Waals surface area contributed by atoms with Crippen LogP contribution in [0.5, 0.6) is 5.75 Å². The number of benzene rings is 1. The minimum atomic E-state index is -1.40. The van der Waals surface area contributed by atoms with Crippen LogP contribution in [0.15, 0.2) is 29.2 Å². The van der Waals surface area contributed by atoms with Crippen LogP contribution in [0.1, 0.15) is 36.5 Å². The summed E-state index contributed by atoms with van der Waals surface area (Å²) < 4.78 is 6.30. The van der Waals surface area contributed by atoms with Crippen molar-refractivity contribution in [2.24, 2.45) is 0 Å². The predicted octanol–water partition coefficient (Wildman–Crippen LogP) is 1.63. The van der Waals surface area contributed by atoms with Gasteiger partial charge in [-0.05, 0) is 44.1 Å². The first-order chi connectivity index (χ1) is 13.3. The molecule has 0 saturated carbocycles. The van der Waals surface area contributed by atoms with Gasteiger partial charge in [0.1, 0.15) is 11.3 Å². The van der Waals surface area contributed by atoms with Gasteiger partial charge in [0.2, 0.25) is 11.2 Å². The lowest BCUT2D eigenvalue weighted by Gasteiger charge is -2.11. The molecular weight excluding hydrogens is 364 g/mol. The third kappa shape index (κ3) is 5.26. The van der Waals surface area contributed by atoms with Gasteiger partial charge in [0.05, 0.1) is 24.6 Å². The molecule has 0 bridgehead atoms. The van der Waals surface area contributed by atoms with Gasteiger partial charge < -0.3 is 19.7 Å². The Balaban J connectivity index is 0.000000397. The van der Waals surface area contributed by atoms with Crippen LogP contribution in [0.2, 0.25) is 0 Å². The van der Waals surface area contributed by atoms with Crippen LogP contribution in [0, 0.1) is 0 Å². The molecule has 0 amide bonds. The van der Waals surface area contributed by atoms with Gasteiger partial charge in [-0.2, -0.15) is 0 Å². The van der Waals surface area contributed by atoms with Crippen molar-refractivity contribution in [3.63, 3.8) is 0 Å². The van der Waals surface area contributed by atoms with Gasteiger partial charge in [-0.3, -0.25) is 14.4 Å². The summed E-state index contributed by atoms with van der Waals surface area (Å²) in [6.45, 7) is 3.30. The zero-order chi connectivity index (χ0) is 20.7. The van der Waals surface area contributed by atoms with Crippen LogP contribution in [0.25, 0.3) is 10.9 Å². The van der Waals surface area contributed by atoms with E-state index >= 15 is 0 Å². The fourth-order valence-corrected chi connectivity index (χ4v) is 2.85. The third-order valence-electron chi connectivity index (χ3n) is 4.43. The number of hydrogen-bond acceptors (Lipinski definition) is 6. The molecule has 0 spiro atoms. The molecule has 0 atom stereocenters. The second-order valence-corrected chi connectivity index (χ2v) is 6.48. The van der Waals surface area contributed by atoms with Crippen LogP contribution in [0.4, 0.5) is 0 Å². The monoisotopic (exact) mass is 388 g/mol. The highest BCUT2D eigenvalue weighted by atomic mass is 16.5. The minimum Gasteiger partial charge on any atom is -0.497 e. The largest absolute Gasteiger partial charge is 0.497 e. The van der Waals surface area contributed by atoms with Crippen LogP contribution in [0.3, 0.4) is 0 Å². The summed E-state index contributed by atoms with van der Waals surface area (Å²) in [6, 6.07) is 4.52. The Kier molecular flexibility index (Phi) is 7.45. The molecule has 8 nitrogen and oxygen atoms in total. The second kappa shape index (κ2) is 9.80. The minimum absolute atomic E-state index is 0.107. The Morgan fingerprint density at radius 3 is 2.32 bits per heavy atom. The highest BCUT2D eigenvalue weighted by Gasteiger charge is 2.17. The van der Waals surface area contributed by atoms with Gasteiger partial charge in [-0.1, -0.05) is 6.42 Å². The number of piperidine rings is 1. The van der Waals surface area contributed by atoms with Crippen LogP contribution in [-0.2, 0) is 16.1 Å². The standard InChI is InChI=1S/C15H13NO6.C5H11N/c1-8(17)13(18)7-16-6-11(15(20)21)14(19)10-5-9(22-2)3-4-12(10)16;1-2-4-6-5-3-1/h3-6H,7H2,1-2H3,(H,20,21);6H,1-5H2. The number of nitrogens with zero attached hydrogens (tertiary/aromatic N) is 1. The van der Waals surface area contributed by atoms with E-state index in [0.29, 0.717) is 11.3 Å².